The number of anilines is 1. The molecule has 144 valence electrons. The molecule has 2 heterocycles. The van der Waals surface area contributed by atoms with Crippen LogP contribution >= 0.6 is 0 Å². The van der Waals surface area contributed by atoms with Gasteiger partial charge in [0.15, 0.2) is 0 Å². The second-order valence-corrected chi connectivity index (χ2v) is 6.69. The third-order valence-electron chi connectivity index (χ3n) is 4.72. The number of nitrogens with one attached hydrogen (secondary N) is 2. The number of ether oxygens (including phenoxy) is 1. The number of nitrogens with zero attached hydrogens (tertiary/aromatic N) is 2. The Morgan fingerprint density at radius 2 is 1.96 bits per heavy atom. The number of halogens is 1. The van der Waals surface area contributed by atoms with Gasteiger partial charge in [0.05, 0.1) is 18.4 Å². The van der Waals surface area contributed by atoms with Crippen molar-refractivity contribution >= 4 is 11.6 Å². The Morgan fingerprint density at radius 3 is 2.64 bits per heavy atom. The van der Waals surface area contributed by atoms with Crippen molar-refractivity contribution in [2.24, 2.45) is 7.05 Å². The minimum atomic E-state index is -0.310. The lowest BCUT2D eigenvalue weighted by molar-refractivity contribution is 0.0277. The molecule has 1 aromatic heterocycles. The molecule has 1 atom stereocenters. The Morgan fingerprint density at radius 1 is 1.21 bits per heavy atom. The molecule has 1 aliphatic rings. The molecule has 3 aromatic rings. The Kier molecular flexibility index (Phi) is 5.18. The Labute approximate surface area is 162 Å². The van der Waals surface area contributed by atoms with E-state index in [1.165, 1.54) is 16.8 Å². The molecule has 2 aromatic carbocycles. The van der Waals surface area contributed by atoms with Gasteiger partial charge >= 0.3 is 0 Å². The topological polar surface area (TPSA) is 68.2 Å². The molecule has 0 saturated carbocycles. The van der Waals surface area contributed by atoms with Gasteiger partial charge in [-0.05, 0) is 48.0 Å². The van der Waals surface area contributed by atoms with Gasteiger partial charge in [-0.25, -0.2) is 4.39 Å². The van der Waals surface area contributed by atoms with E-state index in [1.807, 2.05) is 24.3 Å². The van der Waals surface area contributed by atoms with Gasteiger partial charge in [-0.1, -0.05) is 12.1 Å². The molecule has 6 nitrogen and oxygen atoms in total. The summed E-state index contributed by atoms with van der Waals surface area (Å²) in [5.74, 6) is -0.567. The number of carbonyl (C=O) groups is 1. The van der Waals surface area contributed by atoms with Crippen molar-refractivity contribution in [3.8, 4) is 11.3 Å². The second kappa shape index (κ2) is 7.92. The number of benzene rings is 2. The summed E-state index contributed by atoms with van der Waals surface area (Å²) in [6.45, 7) is 2.35. The predicted molar refractivity (Wildman–Crippen MR) is 105 cm³/mol. The van der Waals surface area contributed by atoms with Crippen molar-refractivity contribution in [2.75, 3.05) is 25.0 Å². The average molecular weight is 380 g/mol. The lowest BCUT2D eigenvalue weighted by Gasteiger charge is -2.24. The fourth-order valence-electron chi connectivity index (χ4n) is 3.20. The second-order valence-electron chi connectivity index (χ2n) is 6.69. The maximum absolute atomic E-state index is 13.1. The van der Waals surface area contributed by atoms with E-state index in [-0.39, 0.29) is 17.8 Å². The lowest BCUT2D eigenvalue weighted by atomic mass is 10.1. The summed E-state index contributed by atoms with van der Waals surface area (Å²) in [7, 11) is 1.71. The summed E-state index contributed by atoms with van der Waals surface area (Å²) in [4.78, 5) is 12.7. The summed E-state index contributed by atoms with van der Waals surface area (Å²) in [5.41, 5.74) is 3.56. The zero-order chi connectivity index (χ0) is 19.5. The van der Waals surface area contributed by atoms with E-state index in [1.54, 1.807) is 25.2 Å². The van der Waals surface area contributed by atoms with Gasteiger partial charge < -0.3 is 15.4 Å². The molecule has 0 unspecified atom stereocenters. The predicted octanol–water partition coefficient (Wildman–Crippen LogP) is 3.14. The van der Waals surface area contributed by atoms with Gasteiger partial charge in [0.25, 0.3) is 5.91 Å². The van der Waals surface area contributed by atoms with Crippen LogP contribution in [0.2, 0.25) is 0 Å². The first kappa shape index (κ1) is 18.3. The SMILES string of the molecule is Cn1nc(-c2ccc(F)cc2)cc1C(=O)Nc1ccc([C@@H]2CNCCO2)cc1. The first-order valence-electron chi connectivity index (χ1n) is 9.14. The standard InChI is InChI=1S/C21H21FN4O2/c1-26-19(12-18(25-26)14-2-6-16(22)7-3-14)21(27)24-17-8-4-15(5-9-17)20-13-23-10-11-28-20/h2-9,12,20,23H,10-11,13H2,1H3,(H,24,27)/t20-/m0/s1. The van der Waals surface area contributed by atoms with E-state index < -0.39 is 0 Å². The summed E-state index contributed by atoms with van der Waals surface area (Å²) in [6, 6.07) is 15.4. The van der Waals surface area contributed by atoms with E-state index in [0.29, 0.717) is 23.7 Å². The normalized spacial score (nSPS) is 16.7. The van der Waals surface area contributed by atoms with Gasteiger partial charge in [-0.3, -0.25) is 9.48 Å². The first-order valence-corrected chi connectivity index (χ1v) is 9.14. The molecular weight excluding hydrogens is 359 g/mol. The number of hydrogen-bond donors (Lipinski definition) is 2. The Hall–Kier alpha value is -3.03. The molecule has 0 bridgehead atoms. The molecule has 4 rings (SSSR count). The van der Waals surface area contributed by atoms with Crippen molar-refractivity contribution < 1.29 is 13.9 Å². The number of rotatable bonds is 4. The van der Waals surface area contributed by atoms with Crippen LogP contribution in [0.1, 0.15) is 22.2 Å². The number of carbonyl (C=O) groups excluding carboxylic acids is 1. The Bertz CT molecular complexity index is 961. The largest absolute Gasteiger partial charge is 0.371 e. The highest BCUT2D eigenvalue weighted by Gasteiger charge is 2.17. The van der Waals surface area contributed by atoms with E-state index in [9.17, 15) is 9.18 Å². The Balaban J connectivity index is 1.47. The van der Waals surface area contributed by atoms with Gasteiger partial charge in [0.1, 0.15) is 11.5 Å². The van der Waals surface area contributed by atoms with E-state index >= 15 is 0 Å². The molecule has 2 N–H and O–H groups in total. The number of morpholine rings is 1. The summed E-state index contributed by atoms with van der Waals surface area (Å²) < 4.78 is 20.4. The fourth-order valence-corrected chi connectivity index (χ4v) is 3.20. The van der Waals surface area contributed by atoms with Crippen LogP contribution in [0.15, 0.2) is 54.6 Å². The average Bonchev–Trinajstić information content (AvgIpc) is 3.11. The highest BCUT2D eigenvalue weighted by Crippen LogP contribution is 2.22. The minimum Gasteiger partial charge on any atom is -0.371 e. The highest BCUT2D eigenvalue weighted by molar-refractivity contribution is 6.03. The number of aromatic nitrogens is 2. The van der Waals surface area contributed by atoms with Crippen molar-refractivity contribution in [2.45, 2.75) is 6.10 Å². The summed E-state index contributed by atoms with van der Waals surface area (Å²) >= 11 is 0. The number of amides is 1. The van der Waals surface area contributed by atoms with Crippen LogP contribution in [-0.2, 0) is 11.8 Å². The van der Waals surface area contributed by atoms with Crippen LogP contribution in [0.3, 0.4) is 0 Å². The monoisotopic (exact) mass is 380 g/mol. The molecule has 1 amide bonds. The summed E-state index contributed by atoms with van der Waals surface area (Å²) in [6.07, 6.45) is 0.0360. The van der Waals surface area contributed by atoms with Gasteiger partial charge in [-0.15, -0.1) is 0 Å². The third kappa shape index (κ3) is 3.95. The van der Waals surface area contributed by atoms with Crippen molar-refractivity contribution in [1.29, 1.82) is 0 Å². The molecule has 1 aliphatic heterocycles. The van der Waals surface area contributed by atoms with Crippen molar-refractivity contribution in [3.05, 3.63) is 71.7 Å². The molecular formula is C21H21FN4O2. The first-order chi connectivity index (χ1) is 13.6. The maximum Gasteiger partial charge on any atom is 0.273 e. The molecule has 28 heavy (non-hydrogen) atoms. The summed E-state index contributed by atoms with van der Waals surface area (Å²) in [5, 5.41) is 10.5. The van der Waals surface area contributed by atoms with Crippen molar-refractivity contribution in [3.63, 3.8) is 0 Å². The molecule has 0 radical (unpaired) electrons. The van der Waals surface area contributed by atoms with E-state index in [0.717, 1.165) is 24.2 Å². The van der Waals surface area contributed by atoms with Gasteiger partial charge in [0, 0.05) is 31.4 Å². The van der Waals surface area contributed by atoms with Crippen LogP contribution in [0, 0.1) is 5.82 Å². The van der Waals surface area contributed by atoms with E-state index in [2.05, 4.69) is 15.7 Å². The molecule has 1 saturated heterocycles. The van der Waals surface area contributed by atoms with Crippen LogP contribution in [-0.4, -0.2) is 35.4 Å². The smallest absolute Gasteiger partial charge is 0.273 e. The number of aryl methyl sites for hydroxylation is 1. The zero-order valence-corrected chi connectivity index (χ0v) is 15.5. The van der Waals surface area contributed by atoms with Crippen LogP contribution in [0.4, 0.5) is 10.1 Å². The molecule has 0 aliphatic carbocycles. The zero-order valence-electron chi connectivity index (χ0n) is 15.5. The highest BCUT2D eigenvalue weighted by atomic mass is 19.1. The third-order valence-corrected chi connectivity index (χ3v) is 4.72. The number of hydrogen-bond acceptors (Lipinski definition) is 4. The quantitative estimate of drug-likeness (QED) is 0.730. The van der Waals surface area contributed by atoms with E-state index in [4.69, 9.17) is 4.74 Å². The maximum atomic E-state index is 13.1. The van der Waals surface area contributed by atoms with Gasteiger partial charge in [-0.2, -0.15) is 5.10 Å². The lowest BCUT2D eigenvalue weighted by Crippen LogP contribution is -2.33. The molecule has 7 heteroatoms. The van der Waals surface area contributed by atoms with Crippen LogP contribution < -0.4 is 10.6 Å². The van der Waals surface area contributed by atoms with Crippen molar-refractivity contribution in [1.82, 2.24) is 15.1 Å². The minimum absolute atomic E-state index is 0.0360. The van der Waals surface area contributed by atoms with Gasteiger partial charge in [0.2, 0.25) is 0 Å². The van der Waals surface area contributed by atoms with Crippen LogP contribution in [0.25, 0.3) is 11.3 Å². The molecule has 1 fully saturated rings. The fraction of sp³-hybridized carbons (Fsp3) is 0.238. The molecule has 0 spiro atoms. The van der Waals surface area contributed by atoms with Crippen LogP contribution in [0.5, 0.6) is 0 Å².